The summed E-state index contributed by atoms with van der Waals surface area (Å²) in [5.41, 5.74) is 2.53. The highest BCUT2D eigenvalue weighted by molar-refractivity contribution is 5.83. The lowest BCUT2D eigenvalue weighted by Gasteiger charge is -2.37. The van der Waals surface area contributed by atoms with Crippen molar-refractivity contribution in [1.29, 1.82) is 0 Å². The van der Waals surface area contributed by atoms with Crippen molar-refractivity contribution in [3.05, 3.63) is 36.0 Å². The fourth-order valence-corrected chi connectivity index (χ4v) is 3.42. The number of H-pyrrole nitrogens is 1. The van der Waals surface area contributed by atoms with Crippen LogP contribution in [0.15, 0.2) is 30.5 Å². The third-order valence-electron chi connectivity index (χ3n) is 4.64. The van der Waals surface area contributed by atoms with E-state index in [4.69, 9.17) is 0 Å². The number of hydrogen-bond donors (Lipinski definition) is 1. The number of carbonyl (C=O) groups is 1. The number of hydrogen-bond acceptors (Lipinski definition) is 2. The molecule has 2 heterocycles. The minimum atomic E-state index is 0.257. The molecule has 4 nitrogen and oxygen atoms in total. The van der Waals surface area contributed by atoms with E-state index in [1.807, 2.05) is 4.90 Å². The first kappa shape index (κ1) is 15.1. The van der Waals surface area contributed by atoms with E-state index in [9.17, 15) is 4.79 Å². The van der Waals surface area contributed by atoms with Crippen molar-refractivity contribution < 1.29 is 4.79 Å². The highest BCUT2D eigenvalue weighted by Gasteiger charge is 2.26. The minimum Gasteiger partial charge on any atom is -0.361 e. The van der Waals surface area contributed by atoms with Crippen molar-refractivity contribution in [2.45, 2.75) is 32.7 Å². The lowest BCUT2D eigenvalue weighted by molar-refractivity contribution is -0.137. The van der Waals surface area contributed by atoms with Gasteiger partial charge in [-0.3, -0.25) is 9.69 Å². The van der Waals surface area contributed by atoms with Crippen molar-refractivity contribution in [2.75, 3.05) is 26.2 Å². The average Bonchev–Trinajstić information content (AvgIpc) is 2.91. The van der Waals surface area contributed by atoms with E-state index >= 15 is 0 Å². The second kappa shape index (κ2) is 6.13. The Morgan fingerprint density at radius 1 is 1.18 bits per heavy atom. The van der Waals surface area contributed by atoms with Crippen molar-refractivity contribution in [3.8, 4) is 0 Å². The molecule has 3 rings (SSSR count). The summed E-state index contributed by atoms with van der Waals surface area (Å²) in [6.07, 6.45) is 2.11. The number of aromatic amines is 1. The number of aromatic nitrogens is 1. The van der Waals surface area contributed by atoms with E-state index in [-0.39, 0.29) is 5.91 Å². The van der Waals surface area contributed by atoms with Gasteiger partial charge < -0.3 is 9.88 Å². The molecule has 1 N–H and O–H groups in total. The van der Waals surface area contributed by atoms with Gasteiger partial charge in [0.1, 0.15) is 0 Å². The molecule has 4 heteroatoms. The Labute approximate surface area is 132 Å². The fraction of sp³-hybridized carbons (Fsp3) is 0.500. The normalized spacial score (nSPS) is 18.4. The standard InChI is InChI=1S/C18H25N3O/c1-13(2)21-9-8-20(12-18(21)22)11-14(3)16-10-19-17-7-5-4-6-15(16)17/h4-7,10,13-14,19H,8-9,11-12H2,1-3H3. The third kappa shape index (κ3) is 2.88. The maximum atomic E-state index is 12.2. The molecular weight excluding hydrogens is 274 g/mol. The lowest BCUT2D eigenvalue weighted by Crippen LogP contribution is -2.53. The van der Waals surface area contributed by atoms with Crippen LogP contribution in [-0.2, 0) is 4.79 Å². The van der Waals surface area contributed by atoms with Crippen molar-refractivity contribution in [1.82, 2.24) is 14.8 Å². The minimum absolute atomic E-state index is 0.257. The number of amides is 1. The number of rotatable bonds is 4. The topological polar surface area (TPSA) is 39.3 Å². The molecule has 1 atom stereocenters. The monoisotopic (exact) mass is 299 g/mol. The zero-order chi connectivity index (χ0) is 15.7. The Morgan fingerprint density at radius 2 is 1.95 bits per heavy atom. The zero-order valence-corrected chi connectivity index (χ0v) is 13.7. The molecule has 2 aromatic rings. The molecule has 0 radical (unpaired) electrons. The Bertz CT molecular complexity index is 661. The molecule has 0 saturated carbocycles. The molecular formula is C18H25N3O. The third-order valence-corrected chi connectivity index (χ3v) is 4.64. The molecule has 0 spiro atoms. The van der Waals surface area contributed by atoms with Gasteiger partial charge in [0.15, 0.2) is 0 Å². The number of piperazine rings is 1. The van der Waals surface area contributed by atoms with Crippen LogP contribution < -0.4 is 0 Å². The van der Waals surface area contributed by atoms with E-state index in [1.54, 1.807) is 0 Å². The summed E-state index contributed by atoms with van der Waals surface area (Å²) in [6.45, 7) is 9.71. The van der Waals surface area contributed by atoms with Gasteiger partial charge in [0, 0.05) is 42.8 Å². The van der Waals surface area contributed by atoms with E-state index in [0.717, 1.165) is 19.6 Å². The maximum Gasteiger partial charge on any atom is 0.237 e. The molecule has 1 aromatic carbocycles. The van der Waals surface area contributed by atoms with Crippen molar-refractivity contribution >= 4 is 16.8 Å². The highest BCUT2D eigenvalue weighted by atomic mass is 16.2. The van der Waals surface area contributed by atoms with Crippen LogP contribution in [0.25, 0.3) is 10.9 Å². The Balaban J connectivity index is 1.68. The molecule has 1 aromatic heterocycles. The Hall–Kier alpha value is -1.81. The number of fused-ring (bicyclic) bond motifs is 1. The fourth-order valence-electron chi connectivity index (χ4n) is 3.42. The molecule has 1 saturated heterocycles. The van der Waals surface area contributed by atoms with Crippen LogP contribution in [0.4, 0.5) is 0 Å². The number of nitrogens with one attached hydrogen (secondary N) is 1. The Morgan fingerprint density at radius 3 is 2.68 bits per heavy atom. The highest BCUT2D eigenvalue weighted by Crippen LogP contribution is 2.26. The molecule has 1 aliphatic rings. The van der Waals surface area contributed by atoms with Gasteiger partial charge in [0.25, 0.3) is 0 Å². The van der Waals surface area contributed by atoms with Crippen LogP contribution >= 0.6 is 0 Å². The summed E-state index contributed by atoms with van der Waals surface area (Å²) in [5, 5.41) is 1.29. The molecule has 1 amide bonds. The van der Waals surface area contributed by atoms with Gasteiger partial charge in [-0.25, -0.2) is 0 Å². The van der Waals surface area contributed by atoms with Gasteiger partial charge in [-0.1, -0.05) is 25.1 Å². The van der Waals surface area contributed by atoms with E-state index in [0.29, 0.717) is 18.5 Å². The summed E-state index contributed by atoms with van der Waals surface area (Å²) in [6, 6.07) is 8.71. The Kier molecular flexibility index (Phi) is 4.21. The molecule has 1 aliphatic heterocycles. The molecule has 1 unspecified atom stereocenters. The largest absolute Gasteiger partial charge is 0.361 e. The van der Waals surface area contributed by atoms with Crippen molar-refractivity contribution in [2.24, 2.45) is 0 Å². The first-order valence-electron chi connectivity index (χ1n) is 8.14. The number of nitrogens with zero attached hydrogens (tertiary/aromatic N) is 2. The predicted molar refractivity (Wildman–Crippen MR) is 90.0 cm³/mol. The summed E-state index contributed by atoms with van der Waals surface area (Å²) >= 11 is 0. The average molecular weight is 299 g/mol. The van der Waals surface area contributed by atoms with Crippen LogP contribution in [0.1, 0.15) is 32.3 Å². The van der Waals surface area contributed by atoms with E-state index in [2.05, 4.69) is 61.1 Å². The quantitative estimate of drug-likeness (QED) is 0.943. The number of benzene rings is 1. The number of para-hydroxylation sites is 1. The zero-order valence-electron chi connectivity index (χ0n) is 13.7. The van der Waals surface area contributed by atoms with Gasteiger partial charge in [-0.15, -0.1) is 0 Å². The van der Waals surface area contributed by atoms with Gasteiger partial charge in [0.05, 0.1) is 6.54 Å². The van der Waals surface area contributed by atoms with Crippen molar-refractivity contribution in [3.63, 3.8) is 0 Å². The van der Waals surface area contributed by atoms with Crippen LogP contribution in [0, 0.1) is 0 Å². The van der Waals surface area contributed by atoms with Gasteiger partial charge in [0.2, 0.25) is 5.91 Å². The van der Waals surface area contributed by atoms with Crippen LogP contribution in [0.3, 0.4) is 0 Å². The summed E-state index contributed by atoms with van der Waals surface area (Å²) in [7, 11) is 0. The van der Waals surface area contributed by atoms with E-state index < -0.39 is 0 Å². The number of carbonyl (C=O) groups excluding carboxylic acids is 1. The predicted octanol–water partition coefficient (Wildman–Crippen LogP) is 2.82. The smallest absolute Gasteiger partial charge is 0.237 e. The summed E-state index contributed by atoms with van der Waals surface area (Å²) in [5.74, 6) is 0.668. The maximum absolute atomic E-state index is 12.2. The van der Waals surface area contributed by atoms with Crippen LogP contribution in [-0.4, -0.2) is 52.9 Å². The lowest BCUT2D eigenvalue weighted by atomic mass is 9.99. The van der Waals surface area contributed by atoms with Gasteiger partial charge in [-0.05, 0) is 31.4 Å². The van der Waals surface area contributed by atoms with Crippen LogP contribution in [0.5, 0.6) is 0 Å². The second-order valence-electron chi connectivity index (χ2n) is 6.61. The molecule has 0 bridgehead atoms. The molecule has 0 aliphatic carbocycles. The first-order valence-corrected chi connectivity index (χ1v) is 8.14. The van der Waals surface area contributed by atoms with Crippen LogP contribution in [0.2, 0.25) is 0 Å². The van der Waals surface area contributed by atoms with E-state index in [1.165, 1.54) is 16.5 Å². The second-order valence-corrected chi connectivity index (χ2v) is 6.61. The molecule has 22 heavy (non-hydrogen) atoms. The SMILES string of the molecule is CC(CN1CCN(C(C)C)C(=O)C1)c1c[nH]c2ccccc12. The summed E-state index contributed by atoms with van der Waals surface area (Å²) < 4.78 is 0. The summed E-state index contributed by atoms with van der Waals surface area (Å²) in [4.78, 5) is 19.8. The first-order chi connectivity index (χ1) is 10.6. The molecule has 118 valence electrons. The van der Waals surface area contributed by atoms with Gasteiger partial charge in [-0.2, -0.15) is 0 Å². The van der Waals surface area contributed by atoms with Gasteiger partial charge >= 0.3 is 0 Å². The molecule has 1 fully saturated rings.